The van der Waals surface area contributed by atoms with E-state index in [0.717, 1.165) is 23.4 Å². The maximum atomic E-state index is 12.7. The summed E-state index contributed by atoms with van der Waals surface area (Å²) >= 11 is 7.34. The first kappa shape index (κ1) is 20.5. The number of likely N-dealkylation sites (N-methyl/N-ethyl adjacent to an activating group) is 1. The van der Waals surface area contributed by atoms with Gasteiger partial charge >= 0.3 is 0 Å². The molecule has 2 aromatic rings. The Kier molecular flexibility index (Phi) is 6.11. The zero-order chi connectivity index (χ0) is 21.1. The molecule has 2 aliphatic rings. The lowest BCUT2D eigenvalue weighted by Crippen LogP contribution is -2.23. The molecule has 1 aliphatic heterocycles. The molecule has 4 rings (SSSR count). The van der Waals surface area contributed by atoms with Crippen LogP contribution in [0.5, 0.6) is 5.75 Å². The van der Waals surface area contributed by atoms with Gasteiger partial charge in [0.05, 0.1) is 17.7 Å². The predicted molar refractivity (Wildman–Crippen MR) is 125 cm³/mol. The highest BCUT2D eigenvalue weighted by molar-refractivity contribution is 8.18. The van der Waals surface area contributed by atoms with Gasteiger partial charge in [-0.1, -0.05) is 48.0 Å². The molecule has 0 spiro atoms. The number of amides is 1. The van der Waals surface area contributed by atoms with E-state index in [2.05, 4.69) is 29.3 Å². The quantitative estimate of drug-likeness (QED) is 0.545. The predicted octanol–water partition coefficient (Wildman–Crippen LogP) is 6.08. The number of carbonyl (C=O) groups excluding carboxylic acids is 1. The Morgan fingerprint density at radius 2 is 2.03 bits per heavy atom. The summed E-state index contributed by atoms with van der Waals surface area (Å²) in [7, 11) is 3.42. The van der Waals surface area contributed by atoms with E-state index < -0.39 is 0 Å². The Balaban J connectivity index is 1.52. The van der Waals surface area contributed by atoms with Crippen LogP contribution in [0.1, 0.15) is 12.0 Å². The molecule has 1 unspecified atom stereocenters. The van der Waals surface area contributed by atoms with Gasteiger partial charge in [0.25, 0.3) is 5.91 Å². The number of allylic oxidation sites excluding steroid dienone is 5. The van der Waals surface area contributed by atoms with Crippen molar-refractivity contribution in [1.82, 2.24) is 4.90 Å². The molecule has 2 aromatic carbocycles. The second kappa shape index (κ2) is 8.94. The number of methoxy groups -OCH3 is 1. The van der Waals surface area contributed by atoms with Crippen molar-refractivity contribution in [3.8, 4) is 5.75 Å². The highest BCUT2D eigenvalue weighted by Gasteiger charge is 2.31. The van der Waals surface area contributed by atoms with Crippen LogP contribution in [0, 0.1) is 5.92 Å². The van der Waals surface area contributed by atoms with Gasteiger partial charge in [-0.05, 0) is 65.7 Å². The molecule has 0 saturated carbocycles. The maximum absolute atomic E-state index is 12.7. The first-order chi connectivity index (χ1) is 14.5. The van der Waals surface area contributed by atoms with Gasteiger partial charge in [0.2, 0.25) is 0 Å². The molecule has 0 radical (unpaired) electrons. The number of carbonyl (C=O) groups is 1. The number of thioether (sulfide) groups is 1. The van der Waals surface area contributed by atoms with E-state index in [9.17, 15) is 4.79 Å². The molecule has 6 heteroatoms. The minimum absolute atomic E-state index is 0.0291. The second-order valence-corrected chi connectivity index (χ2v) is 8.49. The van der Waals surface area contributed by atoms with E-state index in [-0.39, 0.29) is 11.8 Å². The third-order valence-electron chi connectivity index (χ3n) is 4.97. The molecule has 0 aromatic heterocycles. The normalized spacial score (nSPS) is 21.4. The third kappa shape index (κ3) is 4.53. The number of hydrogen-bond acceptors (Lipinski definition) is 4. The maximum Gasteiger partial charge on any atom is 0.266 e. The number of nitrogens with zero attached hydrogens (tertiary/aromatic N) is 2. The molecule has 0 N–H and O–H groups in total. The Morgan fingerprint density at radius 3 is 2.80 bits per heavy atom. The van der Waals surface area contributed by atoms with Crippen molar-refractivity contribution in [3.05, 3.63) is 88.3 Å². The average molecular weight is 437 g/mol. The minimum atomic E-state index is -0.0291. The van der Waals surface area contributed by atoms with E-state index in [1.54, 1.807) is 31.2 Å². The largest absolute Gasteiger partial charge is 0.497 e. The molecule has 1 heterocycles. The van der Waals surface area contributed by atoms with E-state index in [0.29, 0.717) is 15.1 Å². The summed E-state index contributed by atoms with van der Waals surface area (Å²) in [5, 5.41) is 1.32. The van der Waals surface area contributed by atoms with Crippen molar-refractivity contribution in [2.45, 2.75) is 6.42 Å². The Bertz CT molecular complexity index is 1090. The van der Waals surface area contributed by atoms with Crippen LogP contribution in [0.15, 0.2) is 82.7 Å². The molecular formula is C24H21ClN2O2S. The zero-order valence-corrected chi connectivity index (χ0v) is 18.3. The van der Waals surface area contributed by atoms with E-state index in [1.165, 1.54) is 17.3 Å². The molecule has 1 saturated heterocycles. The lowest BCUT2D eigenvalue weighted by molar-refractivity contribution is -0.121. The lowest BCUT2D eigenvalue weighted by Gasteiger charge is -2.17. The number of halogens is 1. The van der Waals surface area contributed by atoms with Crippen LogP contribution in [0.25, 0.3) is 5.57 Å². The van der Waals surface area contributed by atoms with Gasteiger partial charge in [0, 0.05) is 18.0 Å². The summed E-state index contributed by atoms with van der Waals surface area (Å²) in [6, 6.07) is 15.3. The fourth-order valence-electron chi connectivity index (χ4n) is 3.34. The van der Waals surface area contributed by atoms with Gasteiger partial charge in [0.1, 0.15) is 5.75 Å². The average Bonchev–Trinajstić information content (AvgIpc) is 3.03. The molecule has 4 nitrogen and oxygen atoms in total. The summed E-state index contributed by atoms with van der Waals surface area (Å²) in [5.74, 6) is 0.952. The monoisotopic (exact) mass is 436 g/mol. The van der Waals surface area contributed by atoms with Gasteiger partial charge < -0.3 is 4.74 Å². The molecule has 1 amide bonds. The summed E-state index contributed by atoms with van der Waals surface area (Å²) < 4.78 is 5.34. The van der Waals surface area contributed by atoms with Crippen LogP contribution < -0.4 is 4.74 Å². The first-order valence-corrected chi connectivity index (χ1v) is 10.8. The first-order valence-electron chi connectivity index (χ1n) is 9.57. The smallest absolute Gasteiger partial charge is 0.266 e. The molecule has 152 valence electrons. The van der Waals surface area contributed by atoms with Crippen LogP contribution in [0.2, 0.25) is 5.02 Å². The summed E-state index contributed by atoms with van der Waals surface area (Å²) in [6.45, 7) is 0. The summed E-state index contributed by atoms with van der Waals surface area (Å²) in [6.07, 6.45) is 9.16. The van der Waals surface area contributed by atoms with E-state index in [4.69, 9.17) is 16.3 Å². The van der Waals surface area contributed by atoms with E-state index in [1.807, 2.05) is 36.4 Å². The minimum Gasteiger partial charge on any atom is -0.497 e. The number of amidine groups is 1. The van der Waals surface area contributed by atoms with Crippen LogP contribution in [-0.2, 0) is 4.79 Å². The topological polar surface area (TPSA) is 41.9 Å². The van der Waals surface area contributed by atoms with Crippen LogP contribution in [-0.4, -0.2) is 30.1 Å². The zero-order valence-electron chi connectivity index (χ0n) is 16.7. The molecule has 1 aliphatic carbocycles. The number of benzene rings is 2. The lowest BCUT2D eigenvalue weighted by atomic mass is 9.89. The molecule has 30 heavy (non-hydrogen) atoms. The van der Waals surface area contributed by atoms with Crippen molar-refractivity contribution >= 4 is 45.7 Å². The number of rotatable bonds is 4. The molecule has 0 bridgehead atoms. The van der Waals surface area contributed by atoms with Gasteiger partial charge in [-0.3, -0.25) is 9.69 Å². The molecular weight excluding hydrogens is 416 g/mol. The summed E-state index contributed by atoms with van der Waals surface area (Å²) in [4.78, 5) is 19.6. The highest BCUT2D eigenvalue weighted by Crippen LogP contribution is 2.36. The standard InChI is InChI=1S/C24H21ClN2O2S/c1-27-23(28)22(30-24(27)26-20-11-9-19(25)10-12-20)14-16-5-3-6-17(13-16)18-7-4-8-21(15-18)29-2/h3-12,14-16H,13H2,1-2H3/b22-14-,26-24+. The fourth-order valence-corrected chi connectivity index (χ4v) is 4.50. The van der Waals surface area contributed by atoms with Crippen molar-refractivity contribution in [3.63, 3.8) is 0 Å². The van der Waals surface area contributed by atoms with Crippen LogP contribution in [0.3, 0.4) is 0 Å². The Hall–Kier alpha value is -2.76. The van der Waals surface area contributed by atoms with Crippen LogP contribution >= 0.6 is 23.4 Å². The van der Waals surface area contributed by atoms with Crippen molar-refractivity contribution < 1.29 is 9.53 Å². The van der Waals surface area contributed by atoms with Crippen molar-refractivity contribution in [2.24, 2.45) is 10.9 Å². The SMILES string of the molecule is COc1cccc(C2=CC=CC(/C=C3\S/C(=N/c4ccc(Cl)cc4)N(C)C3=O)C2)c1. The molecule has 1 atom stereocenters. The van der Waals surface area contributed by atoms with Crippen molar-refractivity contribution in [2.75, 3.05) is 14.2 Å². The summed E-state index contributed by atoms with van der Waals surface area (Å²) in [5.41, 5.74) is 3.12. The van der Waals surface area contributed by atoms with Gasteiger partial charge in [-0.25, -0.2) is 4.99 Å². The number of aliphatic imine (C=N–C) groups is 1. The third-order valence-corrected chi connectivity index (χ3v) is 6.30. The van der Waals surface area contributed by atoms with Gasteiger partial charge in [-0.2, -0.15) is 0 Å². The fraction of sp³-hybridized carbons (Fsp3) is 0.167. The highest BCUT2D eigenvalue weighted by atomic mass is 35.5. The Labute approximate surface area is 185 Å². The number of hydrogen-bond donors (Lipinski definition) is 0. The van der Waals surface area contributed by atoms with Crippen molar-refractivity contribution in [1.29, 1.82) is 0 Å². The Morgan fingerprint density at radius 1 is 1.23 bits per heavy atom. The second-order valence-electron chi connectivity index (χ2n) is 7.04. The van der Waals surface area contributed by atoms with Gasteiger partial charge in [-0.15, -0.1) is 0 Å². The van der Waals surface area contributed by atoms with Crippen LogP contribution in [0.4, 0.5) is 5.69 Å². The number of ether oxygens (including phenoxy) is 1. The van der Waals surface area contributed by atoms with Gasteiger partial charge in [0.15, 0.2) is 5.17 Å². The van der Waals surface area contributed by atoms with E-state index >= 15 is 0 Å². The molecule has 1 fully saturated rings.